The van der Waals surface area contributed by atoms with Gasteiger partial charge in [-0.05, 0) is 24.1 Å². The Balaban J connectivity index is 1.72. The molecule has 0 N–H and O–H groups in total. The molecule has 0 radical (unpaired) electrons. The molecule has 3 rings (SSSR count). The first kappa shape index (κ1) is 15.3. The molecule has 1 fully saturated rings. The summed E-state index contributed by atoms with van der Waals surface area (Å²) in [5, 5.41) is 0.672. The first-order valence-corrected chi connectivity index (χ1v) is 7.79. The van der Waals surface area contributed by atoms with Crippen LogP contribution in [0.15, 0.2) is 48.5 Å². The molecule has 2 atom stereocenters. The first-order valence-electron chi connectivity index (χ1n) is 7.41. The van der Waals surface area contributed by atoms with Crippen LogP contribution in [0.4, 0.5) is 0 Å². The molecular weight excluding hydrogens is 300 g/mol. The smallest absolute Gasteiger partial charge is 0.185 e. The van der Waals surface area contributed by atoms with Gasteiger partial charge in [0, 0.05) is 17.0 Å². The van der Waals surface area contributed by atoms with Crippen molar-refractivity contribution in [2.45, 2.75) is 25.2 Å². The van der Waals surface area contributed by atoms with E-state index in [2.05, 4.69) is 6.07 Å². The second kappa shape index (κ2) is 7.14. The van der Waals surface area contributed by atoms with E-state index in [1.54, 1.807) is 7.11 Å². The van der Waals surface area contributed by atoms with Crippen LogP contribution >= 0.6 is 11.6 Å². The van der Waals surface area contributed by atoms with Crippen molar-refractivity contribution in [3.8, 4) is 5.75 Å². The highest BCUT2D eigenvalue weighted by molar-refractivity contribution is 6.31. The summed E-state index contributed by atoms with van der Waals surface area (Å²) >= 11 is 6.23. The van der Waals surface area contributed by atoms with E-state index in [4.69, 9.17) is 25.8 Å². The van der Waals surface area contributed by atoms with Crippen molar-refractivity contribution >= 4 is 11.6 Å². The Morgan fingerprint density at radius 3 is 2.73 bits per heavy atom. The van der Waals surface area contributed by atoms with Gasteiger partial charge in [0.05, 0.1) is 19.8 Å². The minimum atomic E-state index is -0.401. The summed E-state index contributed by atoms with van der Waals surface area (Å²) in [5.41, 5.74) is 2.03. The zero-order chi connectivity index (χ0) is 15.4. The molecule has 1 aliphatic rings. The van der Waals surface area contributed by atoms with Gasteiger partial charge in [0.15, 0.2) is 6.29 Å². The van der Waals surface area contributed by atoms with Gasteiger partial charge in [-0.2, -0.15) is 0 Å². The molecule has 0 aromatic heterocycles. The second-order valence-corrected chi connectivity index (χ2v) is 5.69. The van der Waals surface area contributed by atoms with E-state index >= 15 is 0 Å². The molecule has 3 nitrogen and oxygen atoms in total. The molecule has 1 aliphatic heterocycles. The van der Waals surface area contributed by atoms with Crippen molar-refractivity contribution in [2.75, 3.05) is 13.7 Å². The van der Waals surface area contributed by atoms with Crippen molar-refractivity contribution < 1.29 is 14.2 Å². The summed E-state index contributed by atoms with van der Waals surface area (Å²) < 4.78 is 17.2. The molecule has 0 spiro atoms. The van der Waals surface area contributed by atoms with E-state index in [1.807, 2.05) is 42.5 Å². The molecule has 116 valence electrons. The minimum Gasteiger partial charge on any atom is -0.496 e. The van der Waals surface area contributed by atoms with E-state index in [-0.39, 0.29) is 6.10 Å². The van der Waals surface area contributed by atoms with Crippen molar-refractivity contribution in [3.05, 3.63) is 64.7 Å². The van der Waals surface area contributed by atoms with Crippen LogP contribution < -0.4 is 4.74 Å². The summed E-state index contributed by atoms with van der Waals surface area (Å²) in [6.07, 6.45) is 1.35. The van der Waals surface area contributed by atoms with E-state index in [9.17, 15) is 0 Å². The summed E-state index contributed by atoms with van der Waals surface area (Å²) in [4.78, 5) is 0. The monoisotopic (exact) mass is 318 g/mol. The second-order valence-electron chi connectivity index (χ2n) is 5.29. The molecule has 0 saturated carbocycles. The lowest BCUT2D eigenvalue weighted by Crippen LogP contribution is -2.29. The summed E-state index contributed by atoms with van der Waals surface area (Å²) in [6, 6.07) is 15.7. The fourth-order valence-electron chi connectivity index (χ4n) is 2.69. The Kier molecular flexibility index (Phi) is 4.98. The quantitative estimate of drug-likeness (QED) is 0.836. The van der Waals surface area contributed by atoms with Gasteiger partial charge in [-0.25, -0.2) is 0 Å². The lowest BCUT2D eigenvalue weighted by Gasteiger charge is -2.31. The number of halogens is 1. The molecule has 0 aliphatic carbocycles. The Labute approximate surface area is 135 Å². The highest BCUT2D eigenvalue weighted by Gasteiger charge is 2.26. The van der Waals surface area contributed by atoms with Crippen LogP contribution in [-0.4, -0.2) is 19.8 Å². The Morgan fingerprint density at radius 1 is 1.14 bits per heavy atom. The molecule has 2 unspecified atom stereocenters. The van der Waals surface area contributed by atoms with Crippen molar-refractivity contribution in [3.63, 3.8) is 0 Å². The average Bonchev–Trinajstić information content (AvgIpc) is 2.56. The molecule has 2 aromatic rings. The van der Waals surface area contributed by atoms with Crippen molar-refractivity contribution in [2.24, 2.45) is 0 Å². The Morgan fingerprint density at radius 2 is 1.91 bits per heavy atom. The third-order valence-corrected chi connectivity index (χ3v) is 4.17. The average molecular weight is 319 g/mol. The zero-order valence-electron chi connectivity index (χ0n) is 12.5. The number of methoxy groups -OCH3 is 1. The van der Waals surface area contributed by atoms with Crippen LogP contribution in [0.3, 0.4) is 0 Å². The zero-order valence-corrected chi connectivity index (χ0v) is 13.3. The number of hydrogen-bond acceptors (Lipinski definition) is 3. The molecule has 22 heavy (non-hydrogen) atoms. The predicted molar refractivity (Wildman–Crippen MR) is 86.3 cm³/mol. The maximum Gasteiger partial charge on any atom is 0.185 e. The van der Waals surface area contributed by atoms with Gasteiger partial charge in [-0.3, -0.25) is 0 Å². The van der Waals surface area contributed by atoms with Crippen LogP contribution in [-0.2, 0) is 15.9 Å². The van der Waals surface area contributed by atoms with Crippen LogP contribution in [0, 0.1) is 0 Å². The van der Waals surface area contributed by atoms with Gasteiger partial charge in [-0.15, -0.1) is 0 Å². The minimum absolute atomic E-state index is 0.0892. The SMILES string of the molecule is COc1ccccc1CC1CCOC(c2ccccc2Cl)O1. The predicted octanol–water partition coefficient (Wildman–Crippen LogP) is 4.40. The largest absolute Gasteiger partial charge is 0.496 e. The highest BCUT2D eigenvalue weighted by atomic mass is 35.5. The number of benzene rings is 2. The van der Waals surface area contributed by atoms with Gasteiger partial charge in [0.25, 0.3) is 0 Å². The highest BCUT2D eigenvalue weighted by Crippen LogP contribution is 2.32. The van der Waals surface area contributed by atoms with Gasteiger partial charge < -0.3 is 14.2 Å². The number of rotatable bonds is 4. The fourth-order valence-corrected chi connectivity index (χ4v) is 2.91. The molecule has 4 heteroatoms. The number of para-hydroxylation sites is 1. The summed E-state index contributed by atoms with van der Waals surface area (Å²) in [7, 11) is 1.69. The molecule has 0 bridgehead atoms. The molecule has 1 heterocycles. The number of hydrogen-bond donors (Lipinski definition) is 0. The fraction of sp³-hybridized carbons (Fsp3) is 0.333. The molecule has 2 aromatic carbocycles. The molecule has 1 saturated heterocycles. The van der Waals surface area contributed by atoms with E-state index < -0.39 is 6.29 Å². The topological polar surface area (TPSA) is 27.7 Å². The van der Waals surface area contributed by atoms with Gasteiger partial charge >= 0.3 is 0 Å². The summed E-state index contributed by atoms with van der Waals surface area (Å²) in [5.74, 6) is 0.895. The van der Waals surface area contributed by atoms with Crippen LogP contribution in [0.5, 0.6) is 5.75 Å². The summed E-state index contributed by atoms with van der Waals surface area (Å²) in [6.45, 7) is 0.662. The Bertz CT molecular complexity index is 629. The van der Waals surface area contributed by atoms with Gasteiger partial charge in [0.2, 0.25) is 0 Å². The van der Waals surface area contributed by atoms with Gasteiger partial charge in [-0.1, -0.05) is 48.0 Å². The third-order valence-electron chi connectivity index (χ3n) is 3.82. The number of ether oxygens (including phenoxy) is 3. The van der Waals surface area contributed by atoms with Crippen LogP contribution in [0.2, 0.25) is 5.02 Å². The van der Waals surface area contributed by atoms with Crippen LogP contribution in [0.25, 0.3) is 0 Å². The Hall–Kier alpha value is -1.55. The first-order chi connectivity index (χ1) is 10.8. The van der Waals surface area contributed by atoms with E-state index in [1.165, 1.54) is 0 Å². The van der Waals surface area contributed by atoms with Crippen LogP contribution in [0.1, 0.15) is 23.8 Å². The molecule has 0 amide bonds. The van der Waals surface area contributed by atoms with Gasteiger partial charge in [0.1, 0.15) is 5.75 Å². The lowest BCUT2D eigenvalue weighted by atomic mass is 10.0. The van der Waals surface area contributed by atoms with E-state index in [0.29, 0.717) is 11.6 Å². The maximum absolute atomic E-state index is 6.23. The third kappa shape index (κ3) is 3.43. The van der Waals surface area contributed by atoms with E-state index in [0.717, 1.165) is 29.7 Å². The van der Waals surface area contributed by atoms with Crippen molar-refractivity contribution in [1.82, 2.24) is 0 Å². The lowest BCUT2D eigenvalue weighted by molar-refractivity contribution is -0.216. The maximum atomic E-state index is 6.23. The standard InChI is InChI=1S/C18H19ClO3/c1-20-17-9-5-2-6-13(17)12-14-10-11-21-18(22-14)15-7-3-4-8-16(15)19/h2-9,14,18H,10-12H2,1H3. The molecular formula is C18H19ClO3. The van der Waals surface area contributed by atoms with Crippen molar-refractivity contribution in [1.29, 1.82) is 0 Å². The normalized spacial score (nSPS) is 21.5.